The molecule has 0 spiro atoms. The highest BCUT2D eigenvalue weighted by molar-refractivity contribution is 5.24. The molecule has 3 rings (SSSR count). The van der Waals surface area contributed by atoms with Gasteiger partial charge < -0.3 is 10.1 Å². The molecule has 2 aromatic rings. The number of benzene rings is 2. The third kappa shape index (κ3) is 3.61. The number of hydrogen-bond acceptors (Lipinski definition) is 2. The van der Waals surface area contributed by atoms with Gasteiger partial charge in [0.25, 0.3) is 0 Å². The third-order valence-corrected chi connectivity index (χ3v) is 4.11. The van der Waals surface area contributed by atoms with Crippen LogP contribution in [-0.2, 0) is 0 Å². The van der Waals surface area contributed by atoms with Crippen molar-refractivity contribution in [3.05, 3.63) is 66.0 Å². The Morgan fingerprint density at radius 3 is 2.76 bits per heavy atom. The molecule has 1 heterocycles. The van der Waals surface area contributed by atoms with E-state index in [9.17, 15) is 4.39 Å². The quantitative estimate of drug-likeness (QED) is 0.927. The Bertz CT molecular complexity index is 572. The zero-order valence-electron chi connectivity index (χ0n) is 12.0. The summed E-state index contributed by atoms with van der Waals surface area (Å²) in [7, 11) is 0. The SMILES string of the molecule is Fc1cccc(OC[C@H]2CCNC[C@@H]2c2ccccc2)c1. The van der Waals surface area contributed by atoms with E-state index >= 15 is 0 Å². The number of halogens is 1. The second-order valence-corrected chi connectivity index (χ2v) is 5.54. The molecule has 0 unspecified atom stereocenters. The van der Waals surface area contributed by atoms with E-state index in [-0.39, 0.29) is 5.82 Å². The fourth-order valence-electron chi connectivity index (χ4n) is 2.96. The predicted octanol–water partition coefficient (Wildman–Crippen LogP) is 3.60. The third-order valence-electron chi connectivity index (χ3n) is 4.11. The number of piperidine rings is 1. The molecule has 0 saturated carbocycles. The molecule has 0 radical (unpaired) electrons. The predicted molar refractivity (Wildman–Crippen MR) is 82.1 cm³/mol. The molecule has 0 bridgehead atoms. The van der Waals surface area contributed by atoms with Gasteiger partial charge in [0.2, 0.25) is 0 Å². The maximum absolute atomic E-state index is 13.2. The average Bonchev–Trinajstić information content (AvgIpc) is 2.54. The number of nitrogens with one attached hydrogen (secondary N) is 1. The van der Waals surface area contributed by atoms with Crippen molar-refractivity contribution in [2.24, 2.45) is 5.92 Å². The van der Waals surface area contributed by atoms with Gasteiger partial charge in [-0.05, 0) is 30.7 Å². The first kappa shape index (κ1) is 14.1. The van der Waals surface area contributed by atoms with Crippen LogP contribution in [0.25, 0.3) is 0 Å². The van der Waals surface area contributed by atoms with Crippen molar-refractivity contribution < 1.29 is 9.13 Å². The fraction of sp³-hybridized carbons (Fsp3) is 0.333. The molecule has 2 nitrogen and oxygen atoms in total. The van der Waals surface area contributed by atoms with Gasteiger partial charge in [-0.25, -0.2) is 4.39 Å². The molecule has 0 aliphatic carbocycles. The van der Waals surface area contributed by atoms with Crippen LogP contribution in [0.15, 0.2) is 54.6 Å². The lowest BCUT2D eigenvalue weighted by Crippen LogP contribution is -2.37. The zero-order chi connectivity index (χ0) is 14.5. The van der Waals surface area contributed by atoms with E-state index in [0.717, 1.165) is 19.5 Å². The topological polar surface area (TPSA) is 21.3 Å². The summed E-state index contributed by atoms with van der Waals surface area (Å²) in [6.07, 6.45) is 1.08. The van der Waals surface area contributed by atoms with E-state index < -0.39 is 0 Å². The van der Waals surface area contributed by atoms with Crippen molar-refractivity contribution in [1.82, 2.24) is 5.32 Å². The minimum atomic E-state index is -0.252. The normalized spacial score (nSPS) is 22.0. The number of ether oxygens (including phenoxy) is 1. The Balaban J connectivity index is 1.67. The first-order valence-electron chi connectivity index (χ1n) is 7.47. The van der Waals surface area contributed by atoms with E-state index in [0.29, 0.717) is 24.2 Å². The number of hydrogen-bond donors (Lipinski definition) is 1. The van der Waals surface area contributed by atoms with Gasteiger partial charge in [-0.15, -0.1) is 0 Å². The smallest absolute Gasteiger partial charge is 0.126 e. The summed E-state index contributed by atoms with van der Waals surface area (Å²) in [5.41, 5.74) is 1.34. The molecular formula is C18H20FNO. The van der Waals surface area contributed by atoms with Crippen LogP contribution in [0.4, 0.5) is 4.39 Å². The molecule has 2 aromatic carbocycles. The van der Waals surface area contributed by atoms with Gasteiger partial charge >= 0.3 is 0 Å². The molecule has 1 aliphatic rings. The lowest BCUT2D eigenvalue weighted by molar-refractivity contribution is 0.193. The first-order chi connectivity index (χ1) is 10.3. The lowest BCUT2D eigenvalue weighted by Gasteiger charge is -2.32. The minimum absolute atomic E-state index is 0.252. The first-order valence-corrected chi connectivity index (χ1v) is 7.47. The van der Waals surface area contributed by atoms with Crippen molar-refractivity contribution in [2.45, 2.75) is 12.3 Å². The second-order valence-electron chi connectivity index (χ2n) is 5.54. The Kier molecular flexibility index (Phi) is 4.51. The van der Waals surface area contributed by atoms with Crippen LogP contribution in [0, 0.1) is 11.7 Å². The number of rotatable bonds is 4. The van der Waals surface area contributed by atoms with Gasteiger partial charge in [-0.2, -0.15) is 0 Å². The summed E-state index contributed by atoms with van der Waals surface area (Å²) in [5.74, 6) is 1.27. The summed E-state index contributed by atoms with van der Waals surface area (Å²) in [4.78, 5) is 0. The van der Waals surface area contributed by atoms with Crippen molar-refractivity contribution in [3.8, 4) is 5.75 Å². The molecular weight excluding hydrogens is 265 g/mol. The monoisotopic (exact) mass is 285 g/mol. The Labute approximate surface area is 125 Å². The standard InChI is InChI=1S/C18H20FNO/c19-16-7-4-8-17(11-16)21-13-15-9-10-20-12-18(15)14-5-2-1-3-6-14/h1-8,11,15,18,20H,9-10,12-13H2/t15-,18-/m1/s1. The van der Waals surface area contributed by atoms with E-state index in [2.05, 4.69) is 29.6 Å². The summed E-state index contributed by atoms with van der Waals surface area (Å²) < 4.78 is 19.0. The molecule has 1 aliphatic heterocycles. The molecule has 1 fully saturated rings. The second kappa shape index (κ2) is 6.72. The molecule has 110 valence electrons. The highest BCUT2D eigenvalue weighted by Crippen LogP contribution is 2.30. The molecule has 0 amide bonds. The van der Waals surface area contributed by atoms with Crippen molar-refractivity contribution in [3.63, 3.8) is 0 Å². The van der Waals surface area contributed by atoms with E-state index in [1.807, 2.05) is 12.1 Å². The molecule has 1 N–H and O–H groups in total. The average molecular weight is 285 g/mol. The summed E-state index contributed by atoms with van der Waals surface area (Å²) in [6, 6.07) is 16.9. The van der Waals surface area contributed by atoms with Crippen LogP contribution in [0.1, 0.15) is 17.9 Å². The minimum Gasteiger partial charge on any atom is -0.493 e. The van der Waals surface area contributed by atoms with Gasteiger partial charge in [0, 0.05) is 24.4 Å². The lowest BCUT2D eigenvalue weighted by atomic mass is 9.82. The van der Waals surface area contributed by atoms with Crippen LogP contribution in [0.3, 0.4) is 0 Å². The molecule has 3 heteroatoms. The zero-order valence-corrected chi connectivity index (χ0v) is 12.0. The van der Waals surface area contributed by atoms with Gasteiger partial charge in [0.05, 0.1) is 6.61 Å². The molecule has 21 heavy (non-hydrogen) atoms. The highest BCUT2D eigenvalue weighted by atomic mass is 19.1. The molecule has 2 atom stereocenters. The molecule has 1 saturated heterocycles. The van der Waals surface area contributed by atoms with Gasteiger partial charge in [-0.1, -0.05) is 36.4 Å². The van der Waals surface area contributed by atoms with Crippen LogP contribution in [0.2, 0.25) is 0 Å². The van der Waals surface area contributed by atoms with Crippen molar-refractivity contribution >= 4 is 0 Å². The summed E-state index contributed by atoms with van der Waals surface area (Å²) in [5, 5.41) is 3.46. The van der Waals surface area contributed by atoms with E-state index in [4.69, 9.17) is 4.74 Å². The van der Waals surface area contributed by atoms with Gasteiger partial charge in [0.1, 0.15) is 11.6 Å². The largest absolute Gasteiger partial charge is 0.493 e. The van der Waals surface area contributed by atoms with Gasteiger partial charge in [-0.3, -0.25) is 0 Å². The maximum atomic E-state index is 13.2. The maximum Gasteiger partial charge on any atom is 0.126 e. The van der Waals surface area contributed by atoms with Gasteiger partial charge in [0.15, 0.2) is 0 Å². The van der Waals surface area contributed by atoms with E-state index in [1.54, 1.807) is 6.07 Å². The summed E-state index contributed by atoms with van der Waals surface area (Å²) in [6.45, 7) is 2.62. The van der Waals surface area contributed by atoms with Crippen LogP contribution < -0.4 is 10.1 Å². The summed E-state index contributed by atoms with van der Waals surface area (Å²) >= 11 is 0. The van der Waals surface area contributed by atoms with Crippen molar-refractivity contribution in [1.29, 1.82) is 0 Å². The fourth-order valence-corrected chi connectivity index (χ4v) is 2.96. The van der Waals surface area contributed by atoms with Crippen LogP contribution in [0.5, 0.6) is 5.75 Å². The molecule has 0 aromatic heterocycles. The highest BCUT2D eigenvalue weighted by Gasteiger charge is 2.26. The van der Waals surface area contributed by atoms with Crippen LogP contribution >= 0.6 is 0 Å². The Morgan fingerprint density at radius 1 is 1.10 bits per heavy atom. The Morgan fingerprint density at radius 2 is 1.95 bits per heavy atom. The van der Waals surface area contributed by atoms with Crippen LogP contribution in [-0.4, -0.2) is 19.7 Å². The van der Waals surface area contributed by atoms with E-state index in [1.165, 1.54) is 17.7 Å². The Hall–Kier alpha value is -1.87. The van der Waals surface area contributed by atoms with Crippen molar-refractivity contribution in [2.75, 3.05) is 19.7 Å².